The van der Waals surface area contributed by atoms with Gasteiger partial charge in [0, 0.05) is 6.54 Å². The first-order valence-corrected chi connectivity index (χ1v) is 7.67. The Labute approximate surface area is 127 Å². The summed E-state index contributed by atoms with van der Waals surface area (Å²) in [5.41, 5.74) is 1.61. The molecule has 118 valence electrons. The number of rotatable bonds is 5. The van der Waals surface area contributed by atoms with E-state index in [0.29, 0.717) is 16.9 Å². The lowest BCUT2D eigenvalue weighted by Gasteiger charge is -2.39. The predicted octanol–water partition coefficient (Wildman–Crippen LogP) is 3.42. The number of phenolic OH excluding ortho intramolecular Hbond substituents is 1. The Morgan fingerprint density at radius 2 is 1.67 bits per heavy atom. The number of nitrogens with zero attached hydrogens (tertiary/aromatic N) is 1. The first kappa shape index (κ1) is 16.0. The Hall–Kier alpha value is -1.42. The molecule has 0 aliphatic carbocycles. The minimum absolute atomic E-state index is 0.0703. The molecule has 0 aromatic heterocycles. The highest BCUT2D eigenvalue weighted by Crippen LogP contribution is 2.38. The number of hydrogen-bond acceptors (Lipinski definition) is 4. The summed E-state index contributed by atoms with van der Waals surface area (Å²) in [5, 5.41) is 9.96. The van der Waals surface area contributed by atoms with E-state index in [9.17, 15) is 5.11 Å². The second kappa shape index (κ2) is 6.56. The van der Waals surface area contributed by atoms with Crippen molar-refractivity contribution >= 4 is 0 Å². The molecule has 1 aromatic carbocycles. The molecule has 4 nitrogen and oxygen atoms in total. The van der Waals surface area contributed by atoms with Gasteiger partial charge in [0.1, 0.15) is 0 Å². The lowest BCUT2D eigenvalue weighted by molar-refractivity contribution is 0.109. The summed E-state index contributed by atoms with van der Waals surface area (Å²) >= 11 is 0. The quantitative estimate of drug-likeness (QED) is 0.903. The van der Waals surface area contributed by atoms with E-state index >= 15 is 0 Å². The molecular weight excluding hydrogens is 266 g/mol. The Bertz CT molecular complexity index is 454. The zero-order valence-electron chi connectivity index (χ0n) is 13.6. The molecule has 0 unspecified atom stereocenters. The molecule has 1 aliphatic heterocycles. The second-order valence-corrected chi connectivity index (χ2v) is 6.29. The number of phenols is 1. The van der Waals surface area contributed by atoms with Crippen molar-refractivity contribution in [2.24, 2.45) is 5.41 Å². The standard InChI is InChI=1S/C17H27NO3/c1-5-17(2)6-8-18(9-7-17)12-13-10-14(20-3)16(19)15(11-13)21-4/h10-11,19H,5-9,12H2,1-4H3. The topological polar surface area (TPSA) is 41.9 Å². The van der Waals surface area contributed by atoms with E-state index in [2.05, 4.69) is 18.7 Å². The second-order valence-electron chi connectivity index (χ2n) is 6.29. The summed E-state index contributed by atoms with van der Waals surface area (Å²) in [6.45, 7) is 7.78. The fourth-order valence-electron chi connectivity index (χ4n) is 2.90. The van der Waals surface area contributed by atoms with Crippen LogP contribution in [0.1, 0.15) is 38.7 Å². The van der Waals surface area contributed by atoms with Crippen LogP contribution < -0.4 is 9.47 Å². The van der Waals surface area contributed by atoms with Crippen LogP contribution in [0.15, 0.2) is 12.1 Å². The summed E-state index contributed by atoms with van der Waals surface area (Å²) < 4.78 is 10.4. The van der Waals surface area contributed by atoms with Gasteiger partial charge in [-0.25, -0.2) is 0 Å². The fraction of sp³-hybridized carbons (Fsp3) is 0.647. The molecule has 1 aromatic rings. The molecule has 0 bridgehead atoms. The maximum Gasteiger partial charge on any atom is 0.200 e. The van der Waals surface area contributed by atoms with Crippen LogP contribution >= 0.6 is 0 Å². The summed E-state index contributed by atoms with van der Waals surface area (Å²) in [4.78, 5) is 2.46. The molecule has 1 fully saturated rings. The largest absolute Gasteiger partial charge is 0.502 e. The van der Waals surface area contributed by atoms with Crippen molar-refractivity contribution in [2.75, 3.05) is 27.3 Å². The van der Waals surface area contributed by atoms with Gasteiger partial charge in [-0.05, 0) is 49.0 Å². The van der Waals surface area contributed by atoms with E-state index in [1.54, 1.807) is 14.2 Å². The van der Waals surface area contributed by atoms with Gasteiger partial charge in [0.2, 0.25) is 5.75 Å². The number of ether oxygens (including phenoxy) is 2. The van der Waals surface area contributed by atoms with Gasteiger partial charge < -0.3 is 14.6 Å². The van der Waals surface area contributed by atoms with Crippen LogP contribution in [0.2, 0.25) is 0 Å². The zero-order valence-corrected chi connectivity index (χ0v) is 13.6. The maximum atomic E-state index is 9.96. The Morgan fingerprint density at radius 3 is 2.10 bits per heavy atom. The third-order valence-corrected chi connectivity index (χ3v) is 4.86. The number of hydrogen-bond donors (Lipinski definition) is 1. The minimum Gasteiger partial charge on any atom is -0.502 e. The number of aromatic hydroxyl groups is 1. The van der Waals surface area contributed by atoms with Crippen molar-refractivity contribution in [3.05, 3.63) is 17.7 Å². The minimum atomic E-state index is 0.0703. The number of benzene rings is 1. The first-order chi connectivity index (χ1) is 10.0. The Balaban J connectivity index is 2.07. The molecule has 1 aliphatic rings. The average Bonchev–Trinajstić information content (AvgIpc) is 2.51. The van der Waals surface area contributed by atoms with Crippen molar-refractivity contribution in [3.63, 3.8) is 0 Å². The summed E-state index contributed by atoms with van der Waals surface area (Å²) in [5.74, 6) is 1.01. The number of methoxy groups -OCH3 is 2. The molecule has 1 heterocycles. The molecule has 21 heavy (non-hydrogen) atoms. The van der Waals surface area contributed by atoms with Crippen molar-refractivity contribution in [3.8, 4) is 17.2 Å². The molecular formula is C17H27NO3. The van der Waals surface area contributed by atoms with Crippen molar-refractivity contribution in [1.29, 1.82) is 0 Å². The molecule has 2 rings (SSSR count). The van der Waals surface area contributed by atoms with Crippen LogP contribution in [-0.4, -0.2) is 37.3 Å². The van der Waals surface area contributed by atoms with Gasteiger partial charge in [0.15, 0.2) is 11.5 Å². The zero-order chi connectivity index (χ0) is 15.5. The molecule has 0 saturated carbocycles. The normalized spacial score (nSPS) is 18.5. The van der Waals surface area contributed by atoms with E-state index in [1.165, 1.54) is 19.3 Å². The predicted molar refractivity (Wildman–Crippen MR) is 84.1 cm³/mol. The summed E-state index contributed by atoms with van der Waals surface area (Å²) in [6, 6.07) is 3.79. The third kappa shape index (κ3) is 3.62. The SMILES string of the molecule is CCC1(C)CCN(Cc2cc(OC)c(O)c(OC)c2)CC1. The third-order valence-electron chi connectivity index (χ3n) is 4.86. The first-order valence-electron chi connectivity index (χ1n) is 7.67. The van der Waals surface area contributed by atoms with Gasteiger partial charge in [-0.3, -0.25) is 4.90 Å². The van der Waals surface area contributed by atoms with E-state index in [1.807, 2.05) is 12.1 Å². The van der Waals surface area contributed by atoms with Gasteiger partial charge in [-0.1, -0.05) is 20.3 Å². The molecule has 0 amide bonds. The van der Waals surface area contributed by atoms with Gasteiger partial charge >= 0.3 is 0 Å². The molecule has 0 spiro atoms. The smallest absolute Gasteiger partial charge is 0.200 e. The van der Waals surface area contributed by atoms with Crippen LogP contribution in [0.5, 0.6) is 17.2 Å². The van der Waals surface area contributed by atoms with Crippen molar-refractivity contribution < 1.29 is 14.6 Å². The molecule has 4 heteroatoms. The Kier molecular flexibility index (Phi) is 4.99. The average molecular weight is 293 g/mol. The maximum absolute atomic E-state index is 9.96. The highest BCUT2D eigenvalue weighted by molar-refractivity contribution is 5.52. The van der Waals surface area contributed by atoms with Gasteiger partial charge in [-0.2, -0.15) is 0 Å². The highest BCUT2D eigenvalue weighted by atomic mass is 16.5. The lowest BCUT2D eigenvalue weighted by Crippen LogP contribution is -2.37. The molecule has 1 saturated heterocycles. The van der Waals surface area contributed by atoms with Gasteiger partial charge in [0.25, 0.3) is 0 Å². The summed E-state index contributed by atoms with van der Waals surface area (Å²) in [7, 11) is 3.12. The van der Waals surface area contributed by atoms with Crippen LogP contribution in [0.3, 0.4) is 0 Å². The number of likely N-dealkylation sites (tertiary alicyclic amines) is 1. The van der Waals surface area contributed by atoms with Crippen LogP contribution in [0.4, 0.5) is 0 Å². The molecule has 1 N–H and O–H groups in total. The van der Waals surface area contributed by atoms with Crippen molar-refractivity contribution in [2.45, 2.75) is 39.7 Å². The lowest BCUT2D eigenvalue weighted by atomic mass is 9.78. The van der Waals surface area contributed by atoms with E-state index in [0.717, 1.165) is 25.2 Å². The van der Waals surface area contributed by atoms with E-state index in [4.69, 9.17) is 9.47 Å². The van der Waals surface area contributed by atoms with Crippen LogP contribution in [-0.2, 0) is 6.54 Å². The van der Waals surface area contributed by atoms with Gasteiger partial charge in [-0.15, -0.1) is 0 Å². The molecule has 0 radical (unpaired) electrons. The van der Waals surface area contributed by atoms with E-state index < -0.39 is 0 Å². The van der Waals surface area contributed by atoms with Crippen LogP contribution in [0.25, 0.3) is 0 Å². The van der Waals surface area contributed by atoms with Crippen LogP contribution in [0, 0.1) is 5.41 Å². The number of piperidine rings is 1. The molecule has 0 atom stereocenters. The van der Waals surface area contributed by atoms with E-state index in [-0.39, 0.29) is 5.75 Å². The monoisotopic (exact) mass is 293 g/mol. The van der Waals surface area contributed by atoms with Gasteiger partial charge in [0.05, 0.1) is 14.2 Å². The summed E-state index contributed by atoms with van der Waals surface area (Å²) in [6.07, 6.45) is 3.74. The highest BCUT2D eigenvalue weighted by Gasteiger charge is 2.28. The van der Waals surface area contributed by atoms with Crippen molar-refractivity contribution in [1.82, 2.24) is 4.90 Å². The fourth-order valence-corrected chi connectivity index (χ4v) is 2.90. The Morgan fingerprint density at radius 1 is 1.14 bits per heavy atom.